The Hall–Kier alpha value is -0.730. The summed E-state index contributed by atoms with van der Waals surface area (Å²) in [5.74, 6) is -0.749. The highest BCUT2D eigenvalue weighted by molar-refractivity contribution is 7.78. The third kappa shape index (κ3) is 9.32. The second-order valence-electron chi connectivity index (χ2n) is 5.01. The minimum absolute atomic E-state index is 0.263. The van der Waals surface area contributed by atoms with E-state index in [-0.39, 0.29) is 6.54 Å². The van der Waals surface area contributed by atoms with E-state index < -0.39 is 11.9 Å². The molecule has 0 aliphatic heterocycles. The summed E-state index contributed by atoms with van der Waals surface area (Å²) in [4.78, 5) is 14.8. The Morgan fingerprint density at radius 3 is 2.56 bits per heavy atom. The maximum absolute atomic E-state index is 11.0. The zero-order chi connectivity index (χ0) is 13.8. The molecule has 104 valence electrons. The van der Waals surface area contributed by atoms with Crippen molar-refractivity contribution >= 4 is 23.3 Å². The molecule has 18 heavy (non-hydrogen) atoms. The Morgan fingerprint density at radius 1 is 1.33 bits per heavy atom. The van der Waals surface area contributed by atoms with Crippen molar-refractivity contribution < 1.29 is 9.90 Å². The van der Waals surface area contributed by atoms with E-state index in [1.807, 2.05) is 0 Å². The van der Waals surface area contributed by atoms with Crippen LogP contribution in [0.2, 0.25) is 0 Å². The van der Waals surface area contributed by atoms with E-state index in [2.05, 4.69) is 36.2 Å². The minimum atomic E-state index is -0.776. The topological polar surface area (TPSA) is 49.7 Å². The van der Waals surface area contributed by atoms with Gasteiger partial charge in [0.1, 0.15) is 0 Å². The quantitative estimate of drug-likeness (QED) is 0.348. The van der Waals surface area contributed by atoms with Crippen LogP contribution < -0.4 is 0 Å². The van der Waals surface area contributed by atoms with Gasteiger partial charge >= 0.3 is 5.97 Å². The number of aliphatic carboxylic acids is 1. The summed E-state index contributed by atoms with van der Waals surface area (Å²) in [5.41, 5.74) is 0. The summed E-state index contributed by atoms with van der Waals surface area (Å²) >= 11 is 4.47. The van der Waals surface area contributed by atoms with E-state index in [9.17, 15) is 4.79 Å². The van der Waals surface area contributed by atoms with Crippen LogP contribution in [0.3, 0.4) is 0 Å². The molecule has 0 aromatic heterocycles. The number of carboxylic acid groups (broad SMARTS) is 1. The molecule has 2 atom stereocenters. The van der Waals surface area contributed by atoms with Gasteiger partial charge in [0.25, 0.3) is 0 Å². The lowest BCUT2D eigenvalue weighted by molar-refractivity contribution is -0.141. The fraction of sp³-hybridized carbons (Fsp3) is 0.857. The van der Waals surface area contributed by atoms with Crippen molar-refractivity contribution in [1.29, 1.82) is 0 Å². The minimum Gasteiger partial charge on any atom is -0.481 e. The molecule has 0 heterocycles. The van der Waals surface area contributed by atoms with Gasteiger partial charge in [-0.15, -0.1) is 0 Å². The Morgan fingerprint density at radius 2 is 2.00 bits per heavy atom. The van der Waals surface area contributed by atoms with Crippen molar-refractivity contribution in [3.05, 3.63) is 0 Å². The lowest BCUT2D eigenvalue weighted by Gasteiger charge is -2.15. The van der Waals surface area contributed by atoms with Gasteiger partial charge in [-0.2, -0.15) is 0 Å². The molecule has 0 saturated carbocycles. The van der Waals surface area contributed by atoms with Crippen molar-refractivity contribution in [2.45, 2.75) is 58.8 Å². The van der Waals surface area contributed by atoms with E-state index >= 15 is 0 Å². The highest BCUT2D eigenvalue weighted by Gasteiger charge is 2.19. The second-order valence-corrected chi connectivity index (χ2v) is 5.19. The first kappa shape index (κ1) is 17.3. The van der Waals surface area contributed by atoms with E-state index in [0.717, 1.165) is 6.42 Å². The first-order valence-corrected chi connectivity index (χ1v) is 7.29. The summed E-state index contributed by atoms with van der Waals surface area (Å²) in [6.07, 6.45) is 8.10. The molecule has 1 N–H and O–H groups in total. The summed E-state index contributed by atoms with van der Waals surface area (Å²) < 4.78 is 0. The number of nitrogens with zero attached hydrogens (tertiary/aromatic N) is 1. The third-order valence-corrected chi connectivity index (χ3v) is 3.34. The summed E-state index contributed by atoms with van der Waals surface area (Å²) in [6, 6.07) is 0. The second kappa shape index (κ2) is 11.4. The number of carbonyl (C=O) groups is 1. The molecule has 0 aliphatic rings. The molecular formula is C14H25NO2S. The number of hydrogen-bond donors (Lipinski definition) is 1. The molecule has 0 spiro atoms. The van der Waals surface area contributed by atoms with Crippen LogP contribution in [0.1, 0.15) is 58.8 Å². The van der Waals surface area contributed by atoms with Crippen LogP contribution in [0, 0.1) is 11.8 Å². The number of carboxylic acids is 1. The highest BCUT2D eigenvalue weighted by Crippen LogP contribution is 2.19. The summed E-state index contributed by atoms with van der Waals surface area (Å²) in [7, 11) is 0. The molecule has 4 heteroatoms. The van der Waals surface area contributed by atoms with Crippen molar-refractivity contribution in [2.75, 3.05) is 6.54 Å². The van der Waals surface area contributed by atoms with E-state index in [1.165, 1.54) is 32.1 Å². The monoisotopic (exact) mass is 271 g/mol. The normalized spacial score (nSPS) is 13.7. The van der Waals surface area contributed by atoms with Crippen LogP contribution in [0.4, 0.5) is 0 Å². The Kier molecular flexibility index (Phi) is 10.9. The standard InChI is InChI=1S/C14H25NO2S/c1-3-4-5-6-7-8-12(2)9-13(14(16)17)10-15-11-18/h12-13H,3-10H2,1-2H3,(H,16,17). The van der Waals surface area contributed by atoms with Gasteiger partial charge in [-0.05, 0) is 24.6 Å². The molecule has 0 saturated heterocycles. The summed E-state index contributed by atoms with van der Waals surface area (Å²) in [5, 5.41) is 11.3. The maximum Gasteiger partial charge on any atom is 0.308 e. The van der Waals surface area contributed by atoms with E-state index in [1.54, 1.807) is 0 Å². The molecule has 3 nitrogen and oxygen atoms in total. The number of aliphatic imine (C=N–C) groups is 1. The smallest absolute Gasteiger partial charge is 0.308 e. The molecule has 0 aliphatic carbocycles. The fourth-order valence-corrected chi connectivity index (χ4v) is 2.18. The number of rotatable bonds is 11. The van der Waals surface area contributed by atoms with Gasteiger partial charge in [-0.1, -0.05) is 52.4 Å². The van der Waals surface area contributed by atoms with Crippen molar-refractivity contribution in [3.8, 4) is 0 Å². The Balaban J connectivity index is 3.83. The molecule has 0 rings (SSSR count). The zero-order valence-corrected chi connectivity index (χ0v) is 12.3. The Labute approximate surface area is 116 Å². The lowest BCUT2D eigenvalue weighted by atomic mass is 9.91. The zero-order valence-electron chi connectivity index (χ0n) is 11.5. The van der Waals surface area contributed by atoms with Crippen LogP contribution in [-0.4, -0.2) is 22.8 Å². The number of unbranched alkanes of at least 4 members (excludes halogenated alkanes) is 4. The molecule has 0 aromatic carbocycles. The van der Waals surface area contributed by atoms with Gasteiger partial charge in [-0.25, -0.2) is 4.99 Å². The SMILES string of the molecule is CCCCCCCC(C)CC(CN=C=S)C(=O)O. The van der Waals surface area contributed by atoms with Gasteiger partial charge in [0.05, 0.1) is 17.6 Å². The van der Waals surface area contributed by atoms with Gasteiger partial charge in [-0.3, -0.25) is 4.79 Å². The fourth-order valence-electron chi connectivity index (χ4n) is 2.10. The molecule has 0 amide bonds. The van der Waals surface area contributed by atoms with Crippen LogP contribution >= 0.6 is 12.2 Å². The van der Waals surface area contributed by atoms with Crippen molar-refractivity contribution in [2.24, 2.45) is 16.8 Å². The maximum atomic E-state index is 11.0. The lowest BCUT2D eigenvalue weighted by Crippen LogP contribution is -2.19. The van der Waals surface area contributed by atoms with Gasteiger partial charge < -0.3 is 5.11 Å². The molecule has 0 aromatic rings. The highest BCUT2D eigenvalue weighted by atomic mass is 32.1. The molecule has 0 fully saturated rings. The van der Waals surface area contributed by atoms with E-state index in [0.29, 0.717) is 12.3 Å². The largest absolute Gasteiger partial charge is 0.481 e. The predicted octanol–water partition coefficient (Wildman–Crippen LogP) is 4.18. The molecule has 0 radical (unpaired) electrons. The van der Waals surface area contributed by atoms with Crippen LogP contribution in [0.25, 0.3) is 0 Å². The average Bonchev–Trinajstić information content (AvgIpc) is 2.33. The third-order valence-electron chi connectivity index (χ3n) is 3.21. The van der Waals surface area contributed by atoms with Gasteiger partial charge in [0, 0.05) is 0 Å². The number of hydrogen-bond acceptors (Lipinski definition) is 3. The summed E-state index contributed by atoms with van der Waals surface area (Å²) in [6.45, 7) is 4.59. The molecular weight excluding hydrogens is 246 g/mol. The molecule has 0 bridgehead atoms. The molecule has 2 unspecified atom stereocenters. The van der Waals surface area contributed by atoms with Gasteiger partial charge in [0.15, 0.2) is 0 Å². The van der Waals surface area contributed by atoms with Crippen molar-refractivity contribution in [3.63, 3.8) is 0 Å². The average molecular weight is 271 g/mol. The number of isothiocyanates is 1. The first-order valence-electron chi connectivity index (χ1n) is 6.88. The predicted molar refractivity (Wildman–Crippen MR) is 78.2 cm³/mol. The van der Waals surface area contributed by atoms with Gasteiger partial charge in [0.2, 0.25) is 0 Å². The number of thiocarbonyl (C=S) groups is 1. The van der Waals surface area contributed by atoms with Crippen LogP contribution in [-0.2, 0) is 4.79 Å². The van der Waals surface area contributed by atoms with Crippen LogP contribution in [0.15, 0.2) is 4.99 Å². The first-order chi connectivity index (χ1) is 8.61. The van der Waals surface area contributed by atoms with Crippen LogP contribution in [0.5, 0.6) is 0 Å². The van der Waals surface area contributed by atoms with Crippen molar-refractivity contribution in [1.82, 2.24) is 0 Å². The van der Waals surface area contributed by atoms with E-state index in [4.69, 9.17) is 5.11 Å². The Bertz CT molecular complexity index is 275.